The molecule has 1 fully saturated rings. The van der Waals surface area contributed by atoms with Gasteiger partial charge in [0.2, 0.25) is 17.7 Å². The lowest BCUT2D eigenvalue weighted by Gasteiger charge is -2.27. The van der Waals surface area contributed by atoms with Gasteiger partial charge in [-0.05, 0) is 56.2 Å². The number of likely N-dealkylation sites (tertiary alicyclic amines) is 1. The number of fused-ring (bicyclic) bond motifs is 1. The number of para-hydroxylation sites is 1. The van der Waals surface area contributed by atoms with Crippen LogP contribution in [0.1, 0.15) is 31.7 Å². The Labute approximate surface area is 208 Å². The van der Waals surface area contributed by atoms with E-state index in [1.165, 1.54) is 23.6 Å². The minimum Gasteiger partial charge on any atom is -0.480 e. The summed E-state index contributed by atoms with van der Waals surface area (Å²) in [6.07, 6.45) is 5.37. The van der Waals surface area contributed by atoms with Gasteiger partial charge >= 0.3 is 5.97 Å². The number of carbonyl (C=O) groups is 4. The van der Waals surface area contributed by atoms with Crippen molar-refractivity contribution in [2.75, 3.05) is 18.6 Å². The van der Waals surface area contributed by atoms with Crippen molar-refractivity contribution in [1.29, 1.82) is 0 Å². The summed E-state index contributed by atoms with van der Waals surface area (Å²) < 4.78 is 0. The number of rotatable bonds is 11. The summed E-state index contributed by atoms with van der Waals surface area (Å²) in [6, 6.07) is 4.20. The van der Waals surface area contributed by atoms with Crippen LogP contribution < -0.4 is 16.4 Å². The van der Waals surface area contributed by atoms with Gasteiger partial charge in [0.25, 0.3) is 0 Å². The van der Waals surface area contributed by atoms with Crippen LogP contribution in [0.3, 0.4) is 0 Å². The van der Waals surface area contributed by atoms with Gasteiger partial charge in [0.15, 0.2) is 0 Å². The molecule has 11 heteroatoms. The summed E-state index contributed by atoms with van der Waals surface area (Å²) >= 11 is 1.53. The summed E-state index contributed by atoms with van der Waals surface area (Å²) in [5.41, 5.74) is 8.03. The smallest absolute Gasteiger partial charge is 0.326 e. The molecule has 0 radical (unpaired) electrons. The van der Waals surface area contributed by atoms with Crippen LogP contribution in [0.5, 0.6) is 0 Å². The van der Waals surface area contributed by atoms with Crippen LogP contribution in [-0.4, -0.2) is 81.4 Å². The fourth-order valence-electron chi connectivity index (χ4n) is 4.33. The van der Waals surface area contributed by atoms with E-state index in [9.17, 15) is 24.3 Å². The number of carboxylic acids is 1. The second-order valence-corrected chi connectivity index (χ2v) is 9.76. The zero-order valence-corrected chi connectivity index (χ0v) is 20.8. The number of hydrogen-bond donors (Lipinski definition) is 5. The summed E-state index contributed by atoms with van der Waals surface area (Å²) in [6.45, 7) is 1.86. The van der Waals surface area contributed by atoms with Crippen molar-refractivity contribution >= 4 is 46.4 Å². The fraction of sp³-hybridized carbons (Fsp3) is 0.500. The molecule has 1 aromatic carbocycles. The number of aromatic nitrogens is 1. The van der Waals surface area contributed by atoms with E-state index in [1.807, 2.05) is 36.7 Å². The lowest BCUT2D eigenvalue weighted by molar-refractivity contribution is -0.149. The highest BCUT2D eigenvalue weighted by molar-refractivity contribution is 7.98. The number of thioether (sulfide) groups is 1. The van der Waals surface area contributed by atoms with Crippen LogP contribution in [0, 0.1) is 0 Å². The van der Waals surface area contributed by atoms with E-state index in [0.717, 1.165) is 16.5 Å². The van der Waals surface area contributed by atoms with Gasteiger partial charge in [-0.25, -0.2) is 4.79 Å². The highest BCUT2D eigenvalue weighted by atomic mass is 32.2. The molecule has 6 N–H and O–H groups in total. The average Bonchev–Trinajstić information content (AvgIpc) is 3.48. The number of benzene rings is 1. The first kappa shape index (κ1) is 26.6. The normalized spacial score (nSPS) is 18.1. The Balaban J connectivity index is 1.61. The molecule has 0 aliphatic carbocycles. The van der Waals surface area contributed by atoms with Crippen LogP contribution in [0.4, 0.5) is 0 Å². The topological polar surface area (TPSA) is 158 Å². The van der Waals surface area contributed by atoms with Crippen molar-refractivity contribution in [3.63, 3.8) is 0 Å². The number of carboxylic acid groups (broad SMARTS) is 1. The standard InChI is InChI=1S/C24H33N5O5S/c1-14(23(32)29-10-5-8-20(29)24(33)34)27-22(31)19(9-11-35-2)28-21(30)17(25)12-15-13-26-18-7-4-3-6-16(15)18/h3-4,6-7,13-14,17,19-20,26H,5,8-12,25H2,1-2H3,(H,27,31)(H,28,30)(H,33,34). The van der Waals surface area contributed by atoms with E-state index < -0.39 is 47.9 Å². The Morgan fingerprint density at radius 1 is 1.23 bits per heavy atom. The highest BCUT2D eigenvalue weighted by Gasteiger charge is 2.37. The zero-order valence-electron chi connectivity index (χ0n) is 20.0. The molecule has 10 nitrogen and oxygen atoms in total. The van der Waals surface area contributed by atoms with E-state index in [-0.39, 0.29) is 0 Å². The van der Waals surface area contributed by atoms with Crippen molar-refractivity contribution in [3.8, 4) is 0 Å². The van der Waals surface area contributed by atoms with Crippen LogP contribution >= 0.6 is 11.8 Å². The minimum absolute atomic E-state index is 0.299. The first-order valence-corrected chi connectivity index (χ1v) is 13.1. The highest BCUT2D eigenvalue weighted by Crippen LogP contribution is 2.20. The number of carbonyl (C=O) groups excluding carboxylic acids is 3. The molecule has 1 aliphatic heterocycles. The van der Waals surface area contributed by atoms with Gasteiger partial charge in [-0.2, -0.15) is 11.8 Å². The van der Waals surface area contributed by atoms with Gasteiger partial charge in [0, 0.05) is 23.6 Å². The molecule has 2 aromatic rings. The van der Waals surface area contributed by atoms with Gasteiger partial charge in [-0.3, -0.25) is 14.4 Å². The predicted octanol–water partition coefficient (Wildman–Crippen LogP) is 0.856. The number of aromatic amines is 1. The Hall–Kier alpha value is -3.05. The molecule has 3 rings (SSSR count). The van der Waals surface area contributed by atoms with Gasteiger partial charge in [-0.1, -0.05) is 18.2 Å². The van der Waals surface area contributed by atoms with Gasteiger partial charge in [0.1, 0.15) is 18.1 Å². The third-order valence-corrected chi connectivity index (χ3v) is 6.89. The Morgan fingerprint density at radius 3 is 2.69 bits per heavy atom. The number of hydrogen-bond acceptors (Lipinski definition) is 6. The number of nitrogens with zero attached hydrogens (tertiary/aromatic N) is 1. The predicted molar refractivity (Wildman–Crippen MR) is 135 cm³/mol. The van der Waals surface area contributed by atoms with E-state index >= 15 is 0 Å². The van der Waals surface area contributed by atoms with Crippen molar-refractivity contribution < 1.29 is 24.3 Å². The van der Waals surface area contributed by atoms with Gasteiger partial charge in [-0.15, -0.1) is 0 Å². The monoisotopic (exact) mass is 503 g/mol. The Bertz CT molecular complexity index is 1070. The van der Waals surface area contributed by atoms with E-state index in [4.69, 9.17) is 5.73 Å². The van der Waals surface area contributed by atoms with Crippen molar-refractivity contribution in [2.45, 2.75) is 56.8 Å². The molecular weight excluding hydrogens is 470 g/mol. The summed E-state index contributed by atoms with van der Waals surface area (Å²) in [5.74, 6) is -1.84. The number of aliphatic carboxylic acids is 1. The molecule has 190 valence electrons. The molecule has 4 atom stereocenters. The lowest BCUT2D eigenvalue weighted by Crippen LogP contribution is -2.56. The molecule has 0 saturated carbocycles. The maximum atomic E-state index is 13.0. The van der Waals surface area contributed by atoms with Crippen molar-refractivity contribution in [3.05, 3.63) is 36.0 Å². The molecule has 1 saturated heterocycles. The minimum atomic E-state index is -1.05. The summed E-state index contributed by atoms with van der Waals surface area (Å²) in [7, 11) is 0. The molecule has 0 bridgehead atoms. The van der Waals surface area contributed by atoms with Crippen molar-refractivity contribution in [1.82, 2.24) is 20.5 Å². The lowest BCUT2D eigenvalue weighted by atomic mass is 10.0. The van der Waals surface area contributed by atoms with Gasteiger partial charge in [0.05, 0.1) is 6.04 Å². The molecule has 2 heterocycles. The first-order valence-electron chi connectivity index (χ1n) is 11.7. The molecule has 0 spiro atoms. The molecule has 4 unspecified atom stereocenters. The van der Waals surface area contributed by atoms with E-state index in [2.05, 4.69) is 15.6 Å². The zero-order chi connectivity index (χ0) is 25.5. The SMILES string of the molecule is CSCCC(NC(=O)C(N)Cc1c[nH]c2ccccc12)C(=O)NC(C)C(=O)N1CCCC1C(=O)O. The number of amides is 3. The largest absolute Gasteiger partial charge is 0.480 e. The number of nitrogens with two attached hydrogens (primary N) is 1. The van der Waals surface area contributed by atoms with Crippen LogP contribution in [-0.2, 0) is 25.6 Å². The third kappa shape index (κ3) is 6.55. The number of nitrogens with one attached hydrogen (secondary N) is 3. The fourth-order valence-corrected chi connectivity index (χ4v) is 4.80. The Kier molecular flexibility index (Phi) is 9.16. The van der Waals surface area contributed by atoms with Crippen LogP contribution in [0.2, 0.25) is 0 Å². The quantitative estimate of drug-likeness (QED) is 0.304. The molecule has 1 aromatic heterocycles. The van der Waals surface area contributed by atoms with Crippen LogP contribution in [0.25, 0.3) is 10.9 Å². The average molecular weight is 504 g/mol. The second-order valence-electron chi connectivity index (χ2n) is 8.77. The van der Waals surface area contributed by atoms with Crippen LogP contribution in [0.15, 0.2) is 30.5 Å². The summed E-state index contributed by atoms with van der Waals surface area (Å²) in [5, 5.41) is 15.7. The maximum Gasteiger partial charge on any atom is 0.326 e. The van der Waals surface area contributed by atoms with Crippen molar-refractivity contribution in [2.24, 2.45) is 5.73 Å². The molecule has 3 amide bonds. The summed E-state index contributed by atoms with van der Waals surface area (Å²) in [4.78, 5) is 54.5. The van der Waals surface area contributed by atoms with E-state index in [0.29, 0.717) is 38.0 Å². The maximum absolute atomic E-state index is 13.0. The molecule has 35 heavy (non-hydrogen) atoms. The Morgan fingerprint density at radius 2 is 1.97 bits per heavy atom. The molecular formula is C24H33N5O5S. The third-order valence-electron chi connectivity index (χ3n) is 6.25. The van der Waals surface area contributed by atoms with Gasteiger partial charge < -0.3 is 31.4 Å². The first-order chi connectivity index (χ1) is 16.7. The second kappa shape index (κ2) is 12.1. The van der Waals surface area contributed by atoms with E-state index in [1.54, 1.807) is 0 Å². The molecule has 1 aliphatic rings. The number of H-pyrrole nitrogens is 1.